The molecule has 2 rings (SSSR count). The number of hydrogen-bond acceptors (Lipinski definition) is 4. The van der Waals surface area contributed by atoms with Crippen LogP contribution in [0.3, 0.4) is 0 Å². The lowest BCUT2D eigenvalue weighted by atomic mass is 10.1. The van der Waals surface area contributed by atoms with E-state index in [9.17, 15) is 19.5 Å². The Labute approximate surface area is 178 Å². The van der Waals surface area contributed by atoms with Gasteiger partial charge in [0.25, 0.3) is 11.8 Å². The molecule has 2 N–H and O–H groups in total. The molecule has 0 unspecified atom stereocenters. The summed E-state index contributed by atoms with van der Waals surface area (Å²) in [5, 5.41) is 16.3. The molecule has 2 aromatic rings. The van der Waals surface area contributed by atoms with Crippen molar-refractivity contribution < 1.29 is 19.5 Å². The third kappa shape index (κ3) is 6.87. The van der Waals surface area contributed by atoms with Crippen LogP contribution in [0.15, 0.2) is 58.7 Å². The predicted molar refractivity (Wildman–Crippen MR) is 113 cm³/mol. The van der Waals surface area contributed by atoms with E-state index in [1.54, 1.807) is 55.5 Å². The van der Waals surface area contributed by atoms with E-state index in [0.717, 1.165) is 10.0 Å². The Hall–Kier alpha value is -2.93. The highest BCUT2D eigenvalue weighted by Crippen LogP contribution is 2.13. The molecule has 2 aromatic carbocycles. The smallest absolute Gasteiger partial charge is 0.268 e. The van der Waals surface area contributed by atoms with Crippen molar-refractivity contribution in [2.45, 2.75) is 32.7 Å². The number of carbonyl (C=O) groups excluding carboxylic acids is 3. The summed E-state index contributed by atoms with van der Waals surface area (Å²) in [6.07, 6.45) is 2.28. The van der Waals surface area contributed by atoms with Gasteiger partial charge in [-0.25, -0.2) is 0 Å². The van der Waals surface area contributed by atoms with Gasteiger partial charge in [-0.2, -0.15) is 0 Å². The highest BCUT2D eigenvalue weighted by molar-refractivity contribution is 9.10. The quantitative estimate of drug-likeness (QED) is 0.595. The van der Waals surface area contributed by atoms with Gasteiger partial charge in [0.2, 0.25) is 0 Å². The Morgan fingerprint density at radius 1 is 1.07 bits per heavy atom. The second-order valence-electron chi connectivity index (χ2n) is 6.56. The zero-order valence-electron chi connectivity index (χ0n) is 16.2. The van der Waals surface area contributed by atoms with E-state index in [0.29, 0.717) is 17.5 Å². The van der Waals surface area contributed by atoms with Crippen molar-refractivity contribution in [2.75, 3.05) is 0 Å². The number of nitrogens with one attached hydrogen (secondary N) is 2. The van der Waals surface area contributed by atoms with Crippen LogP contribution in [0.2, 0.25) is 0 Å². The van der Waals surface area contributed by atoms with Gasteiger partial charge in [-0.3, -0.25) is 9.59 Å². The van der Waals surface area contributed by atoms with Crippen LogP contribution in [-0.4, -0.2) is 23.8 Å². The van der Waals surface area contributed by atoms with Crippen LogP contribution in [0.5, 0.6) is 0 Å². The number of amides is 2. The Kier molecular flexibility index (Phi) is 8.15. The maximum absolute atomic E-state index is 12.7. The molecule has 0 aliphatic carbocycles. The van der Waals surface area contributed by atoms with Gasteiger partial charge in [-0.15, -0.1) is 0 Å². The number of carboxylic acids is 1. The van der Waals surface area contributed by atoms with E-state index < -0.39 is 23.8 Å². The van der Waals surface area contributed by atoms with Gasteiger partial charge in [0, 0.05) is 10.0 Å². The molecule has 152 valence electrons. The molecule has 0 radical (unpaired) electrons. The van der Waals surface area contributed by atoms with Crippen molar-refractivity contribution in [1.29, 1.82) is 0 Å². The van der Waals surface area contributed by atoms with E-state index in [1.807, 2.05) is 6.92 Å². The van der Waals surface area contributed by atoms with Gasteiger partial charge >= 0.3 is 0 Å². The molecule has 0 saturated heterocycles. The summed E-state index contributed by atoms with van der Waals surface area (Å²) in [7, 11) is 0. The van der Waals surface area contributed by atoms with E-state index in [-0.39, 0.29) is 12.1 Å². The standard InChI is InChI=1S/C22H23BrN2O4/c1-3-4-18(22(28)29)24-21(27)19(13-15-7-11-17(23)12-8-15)25-20(26)16-9-5-14(2)6-10-16/h5-13,18H,3-4H2,1-2H3,(H,24,27)(H,25,26)(H,28,29)/p-1/b19-13-/t18-/m0/s1. The van der Waals surface area contributed by atoms with Crippen LogP contribution in [0.1, 0.15) is 41.3 Å². The van der Waals surface area contributed by atoms with Crippen LogP contribution < -0.4 is 15.7 Å². The third-order valence-electron chi connectivity index (χ3n) is 4.15. The summed E-state index contributed by atoms with van der Waals surface area (Å²) < 4.78 is 0.865. The number of halogens is 1. The van der Waals surface area contributed by atoms with E-state index in [1.165, 1.54) is 6.08 Å². The second-order valence-corrected chi connectivity index (χ2v) is 7.48. The minimum Gasteiger partial charge on any atom is -0.548 e. The molecule has 0 spiro atoms. The van der Waals surface area contributed by atoms with Crippen molar-refractivity contribution in [2.24, 2.45) is 0 Å². The fourth-order valence-corrected chi connectivity index (χ4v) is 2.82. The monoisotopic (exact) mass is 457 g/mol. The molecule has 7 heteroatoms. The van der Waals surface area contributed by atoms with E-state index >= 15 is 0 Å². The molecule has 1 atom stereocenters. The van der Waals surface area contributed by atoms with Crippen LogP contribution >= 0.6 is 15.9 Å². The maximum atomic E-state index is 12.7. The molecular formula is C22H22BrN2O4-. The van der Waals surface area contributed by atoms with Gasteiger partial charge in [-0.1, -0.05) is 59.1 Å². The predicted octanol–water partition coefficient (Wildman–Crippen LogP) is 2.56. The minimum atomic E-state index is -1.37. The van der Waals surface area contributed by atoms with Crippen LogP contribution in [0, 0.1) is 6.92 Å². The lowest BCUT2D eigenvalue weighted by Crippen LogP contribution is -2.49. The normalized spacial score (nSPS) is 12.2. The minimum absolute atomic E-state index is 0.0553. The number of carboxylic acid groups (broad SMARTS) is 1. The highest BCUT2D eigenvalue weighted by Gasteiger charge is 2.19. The zero-order valence-corrected chi connectivity index (χ0v) is 17.8. The fraction of sp³-hybridized carbons (Fsp3) is 0.227. The summed E-state index contributed by atoms with van der Waals surface area (Å²) in [5.41, 5.74) is 2.00. The first-order chi connectivity index (χ1) is 13.8. The van der Waals surface area contributed by atoms with Crippen LogP contribution in [0.4, 0.5) is 0 Å². The molecule has 29 heavy (non-hydrogen) atoms. The van der Waals surface area contributed by atoms with Crippen molar-refractivity contribution in [1.82, 2.24) is 10.6 Å². The topological polar surface area (TPSA) is 98.3 Å². The zero-order chi connectivity index (χ0) is 21.4. The molecule has 0 aliphatic rings. The number of carbonyl (C=O) groups is 3. The molecule has 0 aromatic heterocycles. The van der Waals surface area contributed by atoms with Gasteiger partial charge in [-0.05, 0) is 49.2 Å². The molecular weight excluding hydrogens is 436 g/mol. The molecule has 0 bridgehead atoms. The summed E-state index contributed by atoms with van der Waals surface area (Å²) in [5.74, 6) is -2.53. The third-order valence-corrected chi connectivity index (χ3v) is 4.68. The molecule has 0 heterocycles. The Morgan fingerprint density at radius 3 is 2.24 bits per heavy atom. The van der Waals surface area contributed by atoms with E-state index in [2.05, 4.69) is 26.6 Å². The Balaban J connectivity index is 2.30. The van der Waals surface area contributed by atoms with Crippen LogP contribution in [-0.2, 0) is 9.59 Å². The first kappa shape index (κ1) is 22.4. The average Bonchev–Trinajstić information content (AvgIpc) is 2.69. The molecule has 0 fully saturated rings. The van der Waals surface area contributed by atoms with Gasteiger partial charge in [0.05, 0.1) is 12.0 Å². The maximum Gasteiger partial charge on any atom is 0.268 e. The van der Waals surface area contributed by atoms with Crippen molar-refractivity contribution in [3.05, 3.63) is 75.4 Å². The number of benzene rings is 2. The summed E-state index contributed by atoms with van der Waals surface area (Å²) >= 11 is 3.34. The number of rotatable bonds is 8. The highest BCUT2D eigenvalue weighted by atomic mass is 79.9. The summed E-state index contributed by atoms with van der Waals surface area (Å²) in [4.78, 5) is 36.6. The summed E-state index contributed by atoms with van der Waals surface area (Å²) in [6.45, 7) is 3.71. The molecule has 2 amide bonds. The van der Waals surface area contributed by atoms with Gasteiger partial charge in [0.15, 0.2) is 0 Å². The first-order valence-corrected chi connectivity index (χ1v) is 9.96. The van der Waals surface area contributed by atoms with E-state index in [4.69, 9.17) is 0 Å². The lowest BCUT2D eigenvalue weighted by molar-refractivity contribution is -0.308. The van der Waals surface area contributed by atoms with Crippen molar-refractivity contribution >= 4 is 39.8 Å². The fourth-order valence-electron chi connectivity index (χ4n) is 2.56. The number of aryl methyl sites for hydroxylation is 1. The average molecular weight is 458 g/mol. The van der Waals surface area contributed by atoms with Crippen molar-refractivity contribution in [3.8, 4) is 0 Å². The Morgan fingerprint density at radius 2 is 1.69 bits per heavy atom. The SMILES string of the molecule is CCC[C@H](NC(=O)/C(=C/c1ccc(Br)cc1)NC(=O)c1ccc(C)cc1)C(=O)[O-]. The van der Waals surface area contributed by atoms with Gasteiger partial charge < -0.3 is 20.5 Å². The van der Waals surface area contributed by atoms with Gasteiger partial charge in [0.1, 0.15) is 5.70 Å². The Bertz CT molecular complexity index is 905. The first-order valence-electron chi connectivity index (χ1n) is 9.17. The number of aliphatic carboxylic acids is 1. The molecule has 6 nitrogen and oxygen atoms in total. The van der Waals surface area contributed by atoms with Crippen molar-refractivity contribution in [3.63, 3.8) is 0 Å². The molecule has 0 aliphatic heterocycles. The largest absolute Gasteiger partial charge is 0.548 e. The summed E-state index contributed by atoms with van der Waals surface area (Å²) in [6, 6.07) is 12.9. The number of hydrogen-bond donors (Lipinski definition) is 2. The van der Waals surface area contributed by atoms with Crippen LogP contribution in [0.25, 0.3) is 6.08 Å². The molecule has 0 saturated carbocycles. The lowest BCUT2D eigenvalue weighted by Gasteiger charge is -2.20. The second kappa shape index (κ2) is 10.6.